The number of aryl methyl sites for hydroxylation is 1. The summed E-state index contributed by atoms with van der Waals surface area (Å²) in [5.74, 6) is -0.145. The molecule has 0 spiro atoms. The minimum absolute atomic E-state index is 0.00468. The molecule has 4 atom stereocenters. The lowest BCUT2D eigenvalue weighted by atomic mass is 9.89. The van der Waals surface area contributed by atoms with Crippen molar-refractivity contribution in [2.75, 3.05) is 12.4 Å². The number of anilines is 1. The number of aliphatic hydroxyl groups is 2. The smallest absolute Gasteiger partial charge is 0.360 e. The van der Waals surface area contributed by atoms with Gasteiger partial charge in [0.05, 0.1) is 5.60 Å². The highest BCUT2D eigenvalue weighted by atomic mass is 16.7. The molecule has 1 aromatic heterocycles. The fraction of sp³-hybridized carbons (Fsp3) is 0.290. The Morgan fingerprint density at radius 3 is 2.40 bits per heavy atom. The molecule has 3 aromatic carbocycles. The molecule has 2 heterocycles. The molecule has 5 rings (SSSR count). The first-order valence-electron chi connectivity index (χ1n) is 12.9. The third-order valence-electron chi connectivity index (χ3n) is 7.15. The molecule has 9 heteroatoms. The Hall–Kier alpha value is -4.02. The molecule has 0 saturated carbocycles. The van der Waals surface area contributed by atoms with Gasteiger partial charge in [0.25, 0.3) is 5.91 Å². The maximum absolute atomic E-state index is 13.2. The van der Waals surface area contributed by atoms with Crippen molar-refractivity contribution in [3.8, 4) is 16.9 Å². The molecular formula is C31H31NO8. The van der Waals surface area contributed by atoms with Crippen LogP contribution in [0.3, 0.4) is 0 Å². The number of rotatable bonds is 6. The van der Waals surface area contributed by atoms with Gasteiger partial charge in [0.1, 0.15) is 35.3 Å². The molecule has 4 aromatic rings. The van der Waals surface area contributed by atoms with Crippen LogP contribution >= 0.6 is 0 Å². The number of methoxy groups -OCH3 is 1. The Balaban J connectivity index is 1.41. The van der Waals surface area contributed by atoms with Gasteiger partial charge in [-0.3, -0.25) is 4.79 Å². The van der Waals surface area contributed by atoms with Gasteiger partial charge in [-0.2, -0.15) is 0 Å². The van der Waals surface area contributed by atoms with E-state index >= 15 is 0 Å². The standard InChI is InChI=1S/C31H31NO8/c1-17-23(38-30-25(34)24(33)27(37-4)31(2,3)40-30)15-14-19-16-22(29(36)39-26(17)19)32-28(35)21-13-9-8-12-20(21)18-10-6-5-7-11-18/h5-16,24-25,27,30,33-34H,1-4H3,(H,32,35)/t24-,25+,27+,30?/m0/s1. The first-order chi connectivity index (χ1) is 19.1. The van der Waals surface area contributed by atoms with Gasteiger partial charge in [-0.05, 0) is 56.2 Å². The van der Waals surface area contributed by atoms with Crippen LogP contribution < -0.4 is 15.7 Å². The second-order valence-corrected chi connectivity index (χ2v) is 10.3. The van der Waals surface area contributed by atoms with Crippen LogP contribution in [0.5, 0.6) is 5.75 Å². The number of hydrogen-bond donors (Lipinski definition) is 3. The first kappa shape index (κ1) is 27.5. The number of carbonyl (C=O) groups excluding carboxylic acids is 1. The Bertz CT molecular complexity index is 1600. The average Bonchev–Trinajstić information content (AvgIpc) is 2.94. The Morgan fingerprint density at radius 2 is 1.68 bits per heavy atom. The Kier molecular flexibility index (Phi) is 7.48. The summed E-state index contributed by atoms with van der Waals surface area (Å²) in [7, 11) is 1.43. The van der Waals surface area contributed by atoms with Crippen molar-refractivity contribution < 1.29 is 33.6 Å². The van der Waals surface area contributed by atoms with E-state index in [-0.39, 0.29) is 11.3 Å². The normalized spacial score (nSPS) is 22.1. The van der Waals surface area contributed by atoms with Crippen molar-refractivity contribution in [3.63, 3.8) is 0 Å². The molecule has 9 nitrogen and oxygen atoms in total. The number of nitrogens with one attached hydrogen (secondary N) is 1. The molecular weight excluding hydrogens is 514 g/mol. The summed E-state index contributed by atoms with van der Waals surface area (Å²) in [5.41, 5.74) is 1.09. The molecule has 0 aliphatic carbocycles. The highest BCUT2D eigenvalue weighted by Crippen LogP contribution is 2.35. The highest BCUT2D eigenvalue weighted by molar-refractivity contribution is 6.09. The lowest BCUT2D eigenvalue weighted by molar-refractivity contribution is -0.306. The fourth-order valence-electron chi connectivity index (χ4n) is 5.09. The Morgan fingerprint density at radius 1 is 0.975 bits per heavy atom. The van der Waals surface area contributed by atoms with E-state index in [1.54, 1.807) is 51.1 Å². The van der Waals surface area contributed by atoms with Crippen LogP contribution in [-0.2, 0) is 9.47 Å². The van der Waals surface area contributed by atoms with Gasteiger partial charge in [0, 0.05) is 23.6 Å². The molecule has 1 amide bonds. The molecule has 1 aliphatic rings. The van der Waals surface area contributed by atoms with Gasteiger partial charge in [-0.15, -0.1) is 0 Å². The highest BCUT2D eigenvalue weighted by Gasteiger charge is 2.50. The predicted octanol–water partition coefficient (Wildman–Crippen LogP) is 4.27. The first-order valence-corrected chi connectivity index (χ1v) is 12.9. The molecule has 3 N–H and O–H groups in total. The van der Waals surface area contributed by atoms with Crippen molar-refractivity contribution in [3.05, 3.63) is 94.3 Å². The monoisotopic (exact) mass is 545 g/mol. The summed E-state index contributed by atoms with van der Waals surface area (Å²) in [6.45, 7) is 5.16. The van der Waals surface area contributed by atoms with Gasteiger partial charge in [0.2, 0.25) is 6.29 Å². The zero-order valence-corrected chi connectivity index (χ0v) is 22.6. The second-order valence-electron chi connectivity index (χ2n) is 10.3. The van der Waals surface area contributed by atoms with Gasteiger partial charge >= 0.3 is 5.63 Å². The number of aliphatic hydroxyl groups excluding tert-OH is 2. The third kappa shape index (κ3) is 5.12. The molecule has 1 unspecified atom stereocenters. The number of hydrogen-bond acceptors (Lipinski definition) is 8. The van der Waals surface area contributed by atoms with Crippen molar-refractivity contribution >= 4 is 22.6 Å². The number of benzene rings is 3. The number of carbonyl (C=O) groups is 1. The lowest BCUT2D eigenvalue weighted by Crippen LogP contribution is -2.63. The van der Waals surface area contributed by atoms with Gasteiger partial charge in [-0.25, -0.2) is 4.79 Å². The van der Waals surface area contributed by atoms with Crippen molar-refractivity contribution in [2.45, 2.75) is 51.0 Å². The largest absolute Gasteiger partial charge is 0.462 e. The van der Waals surface area contributed by atoms with Gasteiger partial charge in [0.15, 0.2) is 0 Å². The third-order valence-corrected chi connectivity index (χ3v) is 7.15. The maximum Gasteiger partial charge on any atom is 0.360 e. The van der Waals surface area contributed by atoms with Crippen LogP contribution in [0, 0.1) is 6.92 Å². The minimum atomic E-state index is -1.38. The van der Waals surface area contributed by atoms with Crippen LogP contribution in [0.1, 0.15) is 29.8 Å². The lowest BCUT2D eigenvalue weighted by Gasteiger charge is -2.46. The van der Waals surface area contributed by atoms with E-state index < -0.39 is 41.7 Å². The predicted molar refractivity (Wildman–Crippen MR) is 149 cm³/mol. The molecule has 1 aliphatic heterocycles. The van der Waals surface area contributed by atoms with Crippen molar-refractivity contribution in [1.29, 1.82) is 0 Å². The summed E-state index contributed by atoms with van der Waals surface area (Å²) in [5, 5.41) is 24.4. The number of ether oxygens (including phenoxy) is 3. The van der Waals surface area contributed by atoms with Crippen LogP contribution in [0.4, 0.5) is 5.69 Å². The average molecular weight is 546 g/mol. The van der Waals surface area contributed by atoms with E-state index in [9.17, 15) is 19.8 Å². The molecule has 0 radical (unpaired) electrons. The van der Waals surface area contributed by atoms with Crippen LogP contribution in [-0.4, -0.2) is 53.4 Å². The van der Waals surface area contributed by atoms with Crippen LogP contribution in [0.25, 0.3) is 22.1 Å². The summed E-state index contributed by atoms with van der Waals surface area (Å²) in [6.07, 6.45) is -4.57. The van der Waals surface area contributed by atoms with Crippen LogP contribution in [0.2, 0.25) is 0 Å². The van der Waals surface area contributed by atoms with E-state index in [4.69, 9.17) is 18.6 Å². The topological polar surface area (TPSA) is 127 Å². The van der Waals surface area contributed by atoms with E-state index in [1.807, 2.05) is 42.5 Å². The fourth-order valence-corrected chi connectivity index (χ4v) is 5.09. The number of fused-ring (bicyclic) bond motifs is 1. The van der Waals surface area contributed by atoms with E-state index in [2.05, 4.69) is 5.32 Å². The zero-order valence-electron chi connectivity index (χ0n) is 22.6. The van der Waals surface area contributed by atoms with Crippen molar-refractivity contribution in [2.24, 2.45) is 0 Å². The summed E-state index contributed by atoms with van der Waals surface area (Å²) >= 11 is 0. The molecule has 208 valence electrons. The second kappa shape index (κ2) is 10.9. The molecule has 40 heavy (non-hydrogen) atoms. The van der Waals surface area contributed by atoms with Crippen LogP contribution in [0.15, 0.2) is 82.0 Å². The molecule has 1 fully saturated rings. The van der Waals surface area contributed by atoms with Gasteiger partial charge in [-0.1, -0.05) is 48.5 Å². The van der Waals surface area contributed by atoms with Gasteiger partial charge < -0.3 is 34.2 Å². The van der Waals surface area contributed by atoms with E-state index in [1.165, 1.54) is 7.11 Å². The summed E-state index contributed by atoms with van der Waals surface area (Å²) in [6, 6.07) is 21.5. The number of amides is 1. The summed E-state index contributed by atoms with van der Waals surface area (Å²) < 4.78 is 22.8. The molecule has 1 saturated heterocycles. The quantitative estimate of drug-likeness (QED) is 0.307. The van der Waals surface area contributed by atoms with E-state index in [0.717, 1.165) is 11.1 Å². The zero-order chi connectivity index (χ0) is 28.6. The van der Waals surface area contributed by atoms with Crippen molar-refractivity contribution in [1.82, 2.24) is 0 Å². The SMILES string of the molecule is CO[C@@H]1[C@@H](O)[C@@H](O)C(Oc2ccc3cc(NC(=O)c4ccccc4-c4ccccc4)c(=O)oc3c2C)OC1(C)C. The summed E-state index contributed by atoms with van der Waals surface area (Å²) in [4.78, 5) is 26.1. The molecule has 0 bridgehead atoms. The van der Waals surface area contributed by atoms with E-state index in [0.29, 0.717) is 22.3 Å². The maximum atomic E-state index is 13.2. The minimum Gasteiger partial charge on any atom is -0.462 e. The Labute approximate surface area is 230 Å².